The summed E-state index contributed by atoms with van der Waals surface area (Å²) in [5, 5.41) is 3.09. The molecule has 0 amide bonds. The predicted octanol–water partition coefficient (Wildman–Crippen LogP) is 2.63. The topological polar surface area (TPSA) is 55.1 Å². The molecule has 5 heteroatoms. The molecule has 0 unspecified atom stereocenters. The summed E-state index contributed by atoms with van der Waals surface area (Å²) in [6.45, 7) is 5.95. The SMILES string of the molecule is CC(C)(C)NCC(=O)c1cc(F)c(N)c(Cl)c1. The van der Waals surface area contributed by atoms with E-state index < -0.39 is 5.82 Å². The number of hydrogen-bond acceptors (Lipinski definition) is 3. The van der Waals surface area contributed by atoms with Crippen molar-refractivity contribution in [1.29, 1.82) is 0 Å². The molecule has 0 saturated heterocycles. The fourth-order valence-corrected chi connectivity index (χ4v) is 1.40. The predicted molar refractivity (Wildman–Crippen MR) is 67.9 cm³/mol. The van der Waals surface area contributed by atoms with E-state index in [1.54, 1.807) is 0 Å². The highest BCUT2D eigenvalue weighted by Gasteiger charge is 2.15. The largest absolute Gasteiger partial charge is 0.395 e. The highest BCUT2D eigenvalue weighted by atomic mass is 35.5. The van der Waals surface area contributed by atoms with Gasteiger partial charge >= 0.3 is 0 Å². The van der Waals surface area contributed by atoms with E-state index in [2.05, 4.69) is 5.32 Å². The van der Waals surface area contributed by atoms with Crippen molar-refractivity contribution in [3.63, 3.8) is 0 Å². The van der Waals surface area contributed by atoms with Crippen LogP contribution in [0.25, 0.3) is 0 Å². The van der Waals surface area contributed by atoms with Crippen LogP contribution < -0.4 is 11.1 Å². The number of rotatable bonds is 3. The Bertz CT molecular complexity index is 418. The van der Waals surface area contributed by atoms with Gasteiger partial charge in [0, 0.05) is 11.1 Å². The second kappa shape index (κ2) is 5.02. The zero-order chi connectivity index (χ0) is 13.2. The van der Waals surface area contributed by atoms with Gasteiger partial charge in [-0.3, -0.25) is 4.79 Å². The Morgan fingerprint density at radius 2 is 2.06 bits per heavy atom. The van der Waals surface area contributed by atoms with Crippen molar-refractivity contribution in [1.82, 2.24) is 5.32 Å². The number of nitrogen functional groups attached to an aromatic ring is 1. The number of halogens is 2. The Hall–Kier alpha value is -1.13. The first-order valence-electron chi connectivity index (χ1n) is 5.23. The average molecular weight is 259 g/mol. The van der Waals surface area contributed by atoms with Gasteiger partial charge in [-0.15, -0.1) is 0 Å². The van der Waals surface area contributed by atoms with Gasteiger partial charge < -0.3 is 11.1 Å². The van der Waals surface area contributed by atoms with E-state index in [-0.39, 0.29) is 34.1 Å². The van der Waals surface area contributed by atoms with Gasteiger partial charge in [0.05, 0.1) is 17.3 Å². The number of anilines is 1. The quantitative estimate of drug-likeness (QED) is 0.647. The van der Waals surface area contributed by atoms with E-state index in [1.807, 2.05) is 20.8 Å². The lowest BCUT2D eigenvalue weighted by molar-refractivity contribution is 0.0981. The zero-order valence-electron chi connectivity index (χ0n) is 10.1. The summed E-state index contributed by atoms with van der Waals surface area (Å²) in [4.78, 5) is 11.8. The van der Waals surface area contributed by atoms with Gasteiger partial charge in [0.25, 0.3) is 0 Å². The number of carbonyl (C=O) groups is 1. The van der Waals surface area contributed by atoms with Gasteiger partial charge in [0.15, 0.2) is 5.78 Å². The highest BCUT2D eigenvalue weighted by molar-refractivity contribution is 6.33. The fraction of sp³-hybridized carbons (Fsp3) is 0.417. The van der Waals surface area contributed by atoms with Crippen molar-refractivity contribution in [2.45, 2.75) is 26.3 Å². The molecule has 1 aromatic rings. The molecule has 1 rings (SSSR count). The summed E-state index contributed by atoms with van der Waals surface area (Å²) >= 11 is 5.72. The molecule has 0 heterocycles. The van der Waals surface area contributed by atoms with Crippen LogP contribution in [0.1, 0.15) is 31.1 Å². The summed E-state index contributed by atoms with van der Waals surface area (Å²) < 4.78 is 13.3. The van der Waals surface area contributed by atoms with Crippen LogP contribution in [0.5, 0.6) is 0 Å². The highest BCUT2D eigenvalue weighted by Crippen LogP contribution is 2.23. The molecule has 0 bridgehead atoms. The van der Waals surface area contributed by atoms with Crippen LogP contribution in [-0.2, 0) is 0 Å². The number of nitrogens with one attached hydrogen (secondary N) is 1. The molecule has 0 saturated carbocycles. The van der Waals surface area contributed by atoms with Crippen LogP contribution >= 0.6 is 11.6 Å². The minimum absolute atomic E-state index is 0.0594. The summed E-state index contributed by atoms with van der Waals surface area (Å²) in [5.41, 5.74) is 5.27. The summed E-state index contributed by atoms with van der Waals surface area (Å²) in [6.07, 6.45) is 0. The molecule has 0 aliphatic heterocycles. The maximum Gasteiger partial charge on any atom is 0.176 e. The number of benzene rings is 1. The second-order valence-corrected chi connectivity index (χ2v) is 5.29. The number of Topliss-reactive ketones (excluding diaryl/α,β-unsaturated/α-hetero) is 1. The molecular formula is C12H16ClFN2O. The third kappa shape index (κ3) is 3.98. The van der Waals surface area contributed by atoms with Crippen LogP contribution in [0.2, 0.25) is 5.02 Å². The smallest absolute Gasteiger partial charge is 0.176 e. The first kappa shape index (κ1) is 13.9. The third-order valence-corrected chi connectivity index (χ3v) is 2.49. The summed E-state index contributed by atoms with van der Waals surface area (Å²) in [6, 6.07) is 2.49. The van der Waals surface area contributed by atoms with Crippen molar-refractivity contribution in [2.75, 3.05) is 12.3 Å². The molecule has 0 aliphatic rings. The Morgan fingerprint density at radius 1 is 1.47 bits per heavy atom. The van der Waals surface area contributed by atoms with Gasteiger partial charge in [-0.25, -0.2) is 4.39 Å². The number of nitrogens with two attached hydrogens (primary N) is 1. The monoisotopic (exact) mass is 258 g/mol. The number of carbonyl (C=O) groups excluding carboxylic acids is 1. The van der Waals surface area contributed by atoms with Crippen LogP contribution in [0.4, 0.5) is 10.1 Å². The van der Waals surface area contributed by atoms with Gasteiger partial charge in [-0.05, 0) is 32.9 Å². The Labute approximate surface area is 105 Å². The molecule has 17 heavy (non-hydrogen) atoms. The second-order valence-electron chi connectivity index (χ2n) is 4.88. The minimum Gasteiger partial charge on any atom is -0.395 e. The molecule has 0 spiro atoms. The van der Waals surface area contributed by atoms with Crippen LogP contribution in [-0.4, -0.2) is 17.9 Å². The van der Waals surface area contributed by atoms with Crippen molar-refractivity contribution in [3.05, 3.63) is 28.5 Å². The Balaban J connectivity index is 2.84. The van der Waals surface area contributed by atoms with Crippen molar-refractivity contribution in [3.8, 4) is 0 Å². The van der Waals surface area contributed by atoms with Gasteiger partial charge in [0.2, 0.25) is 0 Å². The first-order chi connectivity index (χ1) is 7.70. The standard InChI is InChI=1S/C12H16ClFN2O/c1-12(2,3)16-6-10(17)7-4-8(13)11(15)9(14)5-7/h4-5,16H,6,15H2,1-3H3. The molecular weight excluding hydrogens is 243 g/mol. The molecule has 1 aromatic carbocycles. The van der Waals surface area contributed by atoms with E-state index >= 15 is 0 Å². The lowest BCUT2D eigenvalue weighted by atomic mass is 10.1. The van der Waals surface area contributed by atoms with Gasteiger partial charge in [-0.1, -0.05) is 11.6 Å². The first-order valence-corrected chi connectivity index (χ1v) is 5.61. The molecule has 0 atom stereocenters. The maximum absolute atomic E-state index is 13.3. The van der Waals surface area contributed by atoms with Gasteiger partial charge in [-0.2, -0.15) is 0 Å². The Morgan fingerprint density at radius 3 is 2.53 bits per heavy atom. The van der Waals surface area contributed by atoms with Crippen LogP contribution in [0, 0.1) is 5.82 Å². The maximum atomic E-state index is 13.3. The van der Waals surface area contributed by atoms with E-state index in [9.17, 15) is 9.18 Å². The van der Waals surface area contributed by atoms with E-state index in [4.69, 9.17) is 17.3 Å². The third-order valence-electron chi connectivity index (χ3n) is 2.18. The molecule has 0 radical (unpaired) electrons. The molecule has 94 valence electrons. The molecule has 0 fully saturated rings. The lowest BCUT2D eigenvalue weighted by Crippen LogP contribution is -2.39. The number of hydrogen-bond donors (Lipinski definition) is 2. The van der Waals surface area contributed by atoms with Crippen molar-refractivity contribution >= 4 is 23.1 Å². The summed E-state index contributed by atoms with van der Waals surface area (Å²) in [7, 11) is 0. The van der Waals surface area contributed by atoms with Crippen molar-refractivity contribution in [2.24, 2.45) is 0 Å². The van der Waals surface area contributed by atoms with E-state index in [0.717, 1.165) is 6.07 Å². The zero-order valence-corrected chi connectivity index (χ0v) is 10.9. The lowest BCUT2D eigenvalue weighted by Gasteiger charge is -2.19. The molecule has 3 N–H and O–H groups in total. The number of ketones is 1. The molecule has 0 aliphatic carbocycles. The minimum atomic E-state index is -0.670. The van der Waals surface area contributed by atoms with Crippen molar-refractivity contribution < 1.29 is 9.18 Å². The van der Waals surface area contributed by atoms with E-state index in [1.165, 1.54) is 6.07 Å². The fourth-order valence-electron chi connectivity index (χ4n) is 1.19. The van der Waals surface area contributed by atoms with E-state index in [0.29, 0.717) is 0 Å². The average Bonchev–Trinajstić information content (AvgIpc) is 2.20. The molecule has 3 nitrogen and oxygen atoms in total. The Kier molecular flexibility index (Phi) is 4.11. The van der Waals surface area contributed by atoms with Crippen LogP contribution in [0.15, 0.2) is 12.1 Å². The van der Waals surface area contributed by atoms with Gasteiger partial charge in [0.1, 0.15) is 5.82 Å². The summed E-state index contributed by atoms with van der Waals surface area (Å²) in [5.74, 6) is -0.891. The normalized spacial score (nSPS) is 11.6. The van der Waals surface area contributed by atoms with Crippen LogP contribution in [0.3, 0.4) is 0 Å². The molecule has 0 aromatic heterocycles.